The fraction of sp³-hybridized carbons (Fsp3) is 0.188. The number of benzene rings is 1. The number of hydrogen-bond acceptors (Lipinski definition) is 3. The predicted octanol–water partition coefficient (Wildman–Crippen LogP) is 2.52. The first-order valence-corrected chi connectivity index (χ1v) is 7.71. The van der Waals surface area contributed by atoms with E-state index in [2.05, 4.69) is 25.3 Å². The predicted molar refractivity (Wildman–Crippen MR) is 86.4 cm³/mol. The van der Waals surface area contributed by atoms with Crippen molar-refractivity contribution in [1.29, 1.82) is 0 Å². The molecule has 3 heterocycles. The van der Waals surface area contributed by atoms with Gasteiger partial charge in [0.1, 0.15) is 5.69 Å². The third kappa shape index (κ3) is 2.61. The summed E-state index contributed by atoms with van der Waals surface area (Å²) in [7, 11) is 0. The quantitative estimate of drug-likeness (QED) is 0.676. The van der Waals surface area contributed by atoms with E-state index in [1.807, 2.05) is 24.3 Å². The van der Waals surface area contributed by atoms with Gasteiger partial charge in [-0.2, -0.15) is 0 Å². The van der Waals surface area contributed by atoms with Crippen LogP contribution in [0.1, 0.15) is 27.7 Å². The number of halogens is 1. The minimum Gasteiger partial charge on any atom is -0.350 e. The number of nitrogens with one attached hydrogen (secondary N) is 3. The molecule has 7 heteroatoms. The number of rotatable bonds is 2. The number of aromatic amines is 2. The third-order valence-corrected chi connectivity index (χ3v) is 4.27. The minimum absolute atomic E-state index is 0.162. The molecular weight excluding hydrogens is 314 g/mol. The van der Waals surface area contributed by atoms with Gasteiger partial charge < -0.3 is 15.3 Å². The van der Waals surface area contributed by atoms with E-state index in [4.69, 9.17) is 11.6 Å². The summed E-state index contributed by atoms with van der Waals surface area (Å²) in [6.45, 7) is 0.570. The van der Waals surface area contributed by atoms with E-state index in [0.717, 1.165) is 11.3 Å². The molecule has 0 bridgehead atoms. The van der Waals surface area contributed by atoms with Crippen molar-refractivity contribution in [3.05, 3.63) is 58.6 Å². The molecule has 0 saturated heterocycles. The van der Waals surface area contributed by atoms with E-state index in [1.165, 1.54) is 0 Å². The average Bonchev–Trinajstić information content (AvgIpc) is 3.19. The minimum atomic E-state index is -0.162. The maximum Gasteiger partial charge on any atom is 0.271 e. The number of aromatic nitrogens is 4. The van der Waals surface area contributed by atoms with Gasteiger partial charge in [-0.25, -0.2) is 9.97 Å². The Morgan fingerprint density at radius 2 is 2.00 bits per heavy atom. The van der Waals surface area contributed by atoms with Gasteiger partial charge in [0.25, 0.3) is 5.91 Å². The lowest BCUT2D eigenvalue weighted by atomic mass is 9.94. The Labute approximate surface area is 137 Å². The molecule has 0 spiro atoms. The van der Waals surface area contributed by atoms with Crippen LogP contribution in [-0.4, -0.2) is 32.4 Å². The Kier molecular flexibility index (Phi) is 3.38. The zero-order chi connectivity index (χ0) is 15.8. The summed E-state index contributed by atoms with van der Waals surface area (Å²) in [5.74, 6) is 1.20. The average molecular weight is 328 g/mol. The highest BCUT2D eigenvalue weighted by atomic mass is 35.5. The van der Waals surface area contributed by atoms with Gasteiger partial charge in [-0.1, -0.05) is 23.7 Å². The van der Waals surface area contributed by atoms with Gasteiger partial charge in [0.05, 0.1) is 0 Å². The number of hydrogen-bond donors (Lipinski definition) is 3. The number of carbonyl (C=O) groups excluding carboxylic acids is 1. The Morgan fingerprint density at radius 3 is 2.74 bits per heavy atom. The van der Waals surface area contributed by atoms with Crippen molar-refractivity contribution < 1.29 is 4.79 Å². The van der Waals surface area contributed by atoms with Gasteiger partial charge in [-0.3, -0.25) is 4.79 Å². The fourth-order valence-electron chi connectivity index (χ4n) is 2.84. The molecule has 1 amide bonds. The Bertz CT molecular complexity index is 838. The van der Waals surface area contributed by atoms with Crippen LogP contribution < -0.4 is 5.32 Å². The molecule has 6 nitrogen and oxygen atoms in total. The maximum absolute atomic E-state index is 12.3. The summed E-state index contributed by atoms with van der Waals surface area (Å²) >= 11 is 5.95. The molecule has 2 aromatic heterocycles. The Hall–Kier alpha value is -2.60. The highest BCUT2D eigenvalue weighted by molar-refractivity contribution is 6.30. The first-order chi connectivity index (χ1) is 11.2. The van der Waals surface area contributed by atoms with E-state index >= 15 is 0 Å². The smallest absolute Gasteiger partial charge is 0.271 e. The number of fused-ring (bicyclic) bond motifs is 1. The molecule has 116 valence electrons. The van der Waals surface area contributed by atoms with Crippen molar-refractivity contribution in [2.45, 2.75) is 12.3 Å². The van der Waals surface area contributed by atoms with Crippen LogP contribution in [-0.2, 0) is 6.42 Å². The van der Waals surface area contributed by atoms with Gasteiger partial charge in [-0.15, -0.1) is 0 Å². The van der Waals surface area contributed by atoms with E-state index in [-0.39, 0.29) is 11.8 Å². The zero-order valence-corrected chi connectivity index (χ0v) is 12.9. The highest BCUT2D eigenvalue weighted by Gasteiger charge is 2.26. The van der Waals surface area contributed by atoms with Gasteiger partial charge in [0.15, 0.2) is 11.6 Å². The van der Waals surface area contributed by atoms with Crippen LogP contribution in [0.5, 0.6) is 0 Å². The molecule has 0 saturated carbocycles. The first-order valence-electron chi connectivity index (χ1n) is 7.33. The molecule has 0 fully saturated rings. The van der Waals surface area contributed by atoms with Crippen molar-refractivity contribution >= 4 is 17.5 Å². The summed E-state index contributed by atoms with van der Waals surface area (Å²) in [5.41, 5.74) is 2.40. The van der Waals surface area contributed by atoms with Crippen molar-refractivity contribution in [1.82, 2.24) is 25.3 Å². The standard InChI is InChI=1S/C16H14ClN5O/c17-11-3-1-9(2-4-11)10-7-12-13(16(23)20-8-10)22-15(21-12)14-18-5-6-19-14/h1-6,10H,7-8H2,(H,18,19)(H,20,23)(H,21,22)/t10-/m0/s1. The van der Waals surface area contributed by atoms with Crippen molar-refractivity contribution in [3.63, 3.8) is 0 Å². The molecule has 0 radical (unpaired) electrons. The molecule has 1 aromatic carbocycles. The molecule has 23 heavy (non-hydrogen) atoms. The molecule has 4 rings (SSSR count). The van der Waals surface area contributed by atoms with E-state index in [0.29, 0.717) is 35.3 Å². The van der Waals surface area contributed by atoms with Crippen LogP contribution in [0, 0.1) is 0 Å². The number of imidazole rings is 2. The largest absolute Gasteiger partial charge is 0.350 e. The van der Waals surface area contributed by atoms with E-state index in [9.17, 15) is 4.79 Å². The lowest BCUT2D eigenvalue weighted by Crippen LogP contribution is -2.26. The lowest BCUT2D eigenvalue weighted by molar-refractivity contribution is 0.0950. The van der Waals surface area contributed by atoms with E-state index in [1.54, 1.807) is 12.4 Å². The second-order valence-corrected chi connectivity index (χ2v) is 5.95. The number of amides is 1. The highest BCUT2D eigenvalue weighted by Crippen LogP contribution is 2.26. The molecule has 1 aliphatic heterocycles. The van der Waals surface area contributed by atoms with Crippen molar-refractivity contribution in [3.8, 4) is 11.6 Å². The topological polar surface area (TPSA) is 86.5 Å². The number of H-pyrrole nitrogens is 2. The van der Waals surface area contributed by atoms with Crippen molar-refractivity contribution in [2.75, 3.05) is 6.54 Å². The van der Waals surface area contributed by atoms with Crippen LogP contribution in [0.2, 0.25) is 5.02 Å². The lowest BCUT2D eigenvalue weighted by Gasteiger charge is -2.14. The Balaban J connectivity index is 1.69. The van der Waals surface area contributed by atoms with Crippen molar-refractivity contribution in [2.24, 2.45) is 0 Å². The number of nitrogens with zero attached hydrogens (tertiary/aromatic N) is 2. The first kappa shape index (κ1) is 14.0. The second-order valence-electron chi connectivity index (χ2n) is 5.51. The summed E-state index contributed by atoms with van der Waals surface area (Å²) < 4.78 is 0. The van der Waals surface area contributed by atoms with E-state index < -0.39 is 0 Å². The molecule has 0 aliphatic carbocycles. The van der Waals surface area contributed by atoms with Crippen LogP contribution in [0.15, 0.2) is 36.7 Å². The summed E-state index contributed by atoms with van der Waals surface area (Å²) in [6.07, 6.45) is 4.07. The molecule has 3 N–H and O–H groups in total. The van der Waals surface area contributed by atoms with Crippen LogP contribution in [0.3, 0.4) is 0 Å². The molecule has 3 aromatic rings. The second kappa shape index (κ2) is 5.55. The number of carbonyl (C=O) groups is 1. The molecular formula is C16H14ClN5O. The SMILES string of the molecule is O=C1NC[C@@H](c2ccc(Cl)cc2)Cc2[nH]c(-c3ncc[nH]3)nc21. The maximum atomic E-state index is 12.3. The summed E-state index contributed by atoms with van der Waals surface area (Å²) in [6, 6.07) is 7.72. The molecule has 1 atom stereocenters. The van der Waals surface area contributed by atoms with Crippen LogP contribution in [0.25, 0.3) is 11.6 Å². The monoisotopic (exact) mass is 327 g/mol. The Morgan fingerprint density at radius 1 is 1.17 bits per heavy atom. The van der Waals surface area contributed by atoms with Crippen LogP contribution in [0.4, 0.5) is 0 Å². The third-order valence-electron chi connectivity index (χ3n) is 4.02. The summed E-state index contributed by atoms with van der Waals surface area (Å²) in [5, 5.41) is 3.64. The van der Waals surface area contributed by atoms with Gasteiger partial charge >= 0.3 is 0 Å². The zero-order valence-electron chi connectivity index (χ0n) is 12.1. The van der Waals surface area contributed by atoms with Crippen LogP contribution >= 0.6 is 11.6 Å². The summed E-state index contributed by atoms with van der Waals surface area (Å²) in [4.78, 5) is 27.1. The molecule has 1 aliphatic rings. The van der Waals surface area contributed by atoms with Gasteiger partial charge in [0.2, 0.25) is 0 Å². The fourth-order valence-corrected chi connectivity index (χ4v) is 2.97. The molecule has 0 unspecified atom stereocenters. The van der Waals surface area contributed by atoms with Gasteiger partial charge in [-0.05, 0) is 24.1 Å². The normalized spacial score (nSPS) is 17.4. The van der Waals surface area contributed by atoms with Gasteiger partial charge in [0, 0.05) is 35.6 Å².